The number of hydrogen-bond acceptors (Lipinski definition) is 4. The summed E-state index contributed by atoms with van der Waals surface area (Å²) < 4.78 is 6.28. The molecule has 4 aliphatic rings. The predicted octanol–water partition coefficient (Wildman–Crippen LogP) is 3.30. The van der Waals surface area contributed by atoms with Crippen molar-refractivity contribution in [2.24, 2.45) is 11.8 Å². The van der Waals surface area contributed by atoms with E-state index in [2.05, 4.69) is 27.9 Å². The number of ether oxygens (including phenoxy) is 1. The van der Waals surface area contributed by atoms with Crippen LogP contribution in [0.3, 0.4) is 0 Å². The zero-order chi connectivity index (χ0) is 18.4. The summed E-state index contributed by atoms with van der Waals surface area (Å²) in [4.78, 5) is 22.2. The Hall–Kier alpha value is -1.62. The Kier molecular flexibility index (Phi) is 4.58. The van der Waals surface area contributed by atoms with E-state index in [1.807, 2.05) is 0 Å². The molecule has 3 heterocycles. The highest BCUT2D eigenvalue weighted by Crippen LogP contribution is 2.44. The normalized spacial score (nSPS) is 29.1. The topological polar surface area (TPSA) is 45.7 Å². The predicted molar refractivity (Wildman–Crippen MR) is 104 cm³/mol. The summed E-state index contributed by atoms with van der Waals surface area (Å²) in [5, 5.41) is 0. The monoisotopic (exact) mass is 369 g/mol. The first-order chi connectivity index (χ1) is 13.2. The molecule has 5 nitrogen and oxygen atoms in total. The van der Waals surface area contributed by atoms with E-state index in [0.717, 1.165) is 50.5 Å². The van der Waals surface area contributed by atoms with Gasteiger partial charge in [-0.3, -0.25) is 4.79 Å². The fourth-order valence-electron chi connectivity index (χ4n) is 5.29. The van der Waals surface area contributed by atoms with Gasteiger partial charge in [-0.05, 0) is 69.4 Å². The molecule has 2 saturated heterocycles. The van der Waals surface area contributed by atoms with Gasteiger partial charge in [0.2, 0.25) is 5.88 Å². The minimum absolute atomic E-state index is 0.158. The first-order valence-electron chi connectivity index (χ1n) is 10.8. The highest BCUT2D eigenvalue weighted by atomic mass is 16.5. The minimum Gasteiger partial charge on any atom is -0.474 e. The van der Waals surface area contributed by atoms with Gasteiger partial charge in [0.1, 0.15) is 6.10 Å². The molecule has 1 amide bonds. The van der Waals surface area contributed by atoms with Crippen LogP contribution in [0.5, 0.6) is 5.88 Å². The Balaban J connectivity index is 1.31. The Morgan fingerprint density at radius 3 is 2.41 bits per heavy atom. The van der Waals surface area contributed by atoms with Crippen molar-refractivity contribution < 1.29 is 9.53 Å². The Bertz CT molecular complexity index is 698. The zero-order valence-corrected chi connectivity index (χ0v) is 16.4. The van der Waals surface area contributed by atoms with E-state index >= 15 is 0 Å². The van der Waals surface area contributed by atoms with E-state index in [1.54, 1.807) is 6.20 Å². The molecule has 2 saturated carbocycles. The van der Waals surface area contributed by atoms with Crippen LogP contribution in [0.15, 0.2) is 12.3 Å². The first kappa shape index (κ1) is 17.5. The van der Waals surface area contributed by atoms with Crippen LogP contribution in [0, 0.1) is 11.8 Å². The number of carbonyl (C=O) groups excluding carboxylic acids is 1. The molecule has 0 N–H and O–H groups in total. The maximum atomic E-state index is 13.1. The number of aromatic nitrogens is 1. The van der Waals surface area contributed by atoms with Crippen LogP contribution in [0.1, 0.15) is 66.8 Å². The molecule has 2 aliphatic heterocycles. The number of amides is 1. The van der Waals surface area contributed by atoms with Gasteiger partial charge in [0, 0.05) is 37.9 Å². The molecule has 0 aromatic carbocycles. The lowest BCUT2D eigenvalue weighted by atomic mass is 9.98. The summed E-state index contributed by atoms with van der Waals surface area (Å²) in [7, 11) is 2.18. The van der Waals surface area contributed by atoms with Crippen molar-refractivity contribution in [1.29, 1.82) is 0 Å². The molecular weight excluding hydrogens is 338 g/mol. The Labute approximate surface area is 162 Å². The smallest absolute Gasteiger partial charge is 0.255 e. The molecule has 0 radical (unpaired) electrons. The summed E-state index contributed by atoms with van der Waals surface area (Å²) in [6.45, 7) is 4.03. The third kappa shape index (κ3) is 3.58. The minimum atomic E-state index is 0.158. The lowest BCUT2D eigenvalue weighted by Crippen LogP contribution is -2.32. The molecule has 5 heteroatoms. The lowest BCUT2D eigenvalue weighted by Gasteiger charge is -2.24. The van der Waals surface area contributed by atoms with Crippen molar-refractivity contribution in [2.75, 3.05) is 33.2 Å². The Morgan fingerprint density at radius 1 is 1.04 bits per heavy atom. The van der Waals surface area contributed by atoms with Crippen molar-refractivity contribution in [2.45, 2.75) is 57.0 Å². The highest BCUT2D eigenvalue weighted by molar-refractivity contribution is 5.94. The van der Waals surface area contributed by atoms with E-state index in [4.69, 9.17) is 4.74 Å². The van der Waals surface area contributed by atoms with Crippen molar-refractivity contribution in [3.05, 3.63) is 23.4 Å². The van der Waals surface area contributed by atoms with Crippen LogP contribution in [0.25, 0.3) is 0 Å². The van der Waals surface area contributed by atoms with Gasteiger partial charge in [0.05, 0.1) is 5.56 Å². The molecule has 0 spiro atoms. The van der Waals surface area contributed by atoms with Gasteiger partial charge in [-0.25, -0.2) is 4.98 Å². The van der Waals surface area contributed by atoms with Gasteiger partial charge in [0.25, 0.3) is 5.91 Å². The van der Waals surface area contributed by atoms with E-state index in [0.29, 0.717) is 23.9 Å². The fourth-order valence-corrected chi connectivity index (χ4v) is 5.29. The van der Waals surface area contributed by atoms with Crippen molar-refractivity contribution >= 4 is 5.91 Å². The number of rotatable bonds is 4. The van der Waals surface area contributed by atoms with Crippen LogP contribution in [-0.2, 0) is 0 Å². The average molecular weight is 370 g/mol. The maximum Gasteiger partial charge on any atom is 0.255 e. The summed E-state index contributed by atoms with van der Waals surface area (Å²) in [5.74, 6) is 2.77. The van der Waals surface area contributed by atoms with Crippen LogP contribution in [0.2, 0.25) is 0 Å². The van der Waals surface area contributed by atoms with E-state index in [9.17, 15) is 4.79 Å². The largest absolute Gasteiger partial charge is 0.474 e. The number of nitrogens with zero attached hydrogens (tertiary/aromatic N) is 3. The Morgan fingerprint density at radius 2 is 1.74 bits per heavy atom. The number of fused-ring (bicyclic) bond motifs is 1. The van der Waals surface area contributed by atoms with Gasteiger partial charge in [-0.1, -0.05) is 6.42 Å². The molecule has 2 aliphatic carbocycles. The van der Waals surface area contributed by atoms with Crippen LogP contribution in [0.4, 0.5) is 0 Å². The third-order valence-corrected chi connectivity index (χ3v) is 6.93. The average Bonchev–Trinajstić information content (AvgIpc) is 3.36. The van der Waals surface area contributed by atoms with Crippen molar-refractivity contribution in [3.8, 4) is 5.88 Å². The van der Waals surface area contributed by atoms with Crippen LogP contribution in [-0.4, -0.2) is 60.0 Å². The van der Waals surface area contributed by atoms with Gasteiger partial charge >= 0.3 is 0 Å². The molecule has 5 rings (SSSR count). The number of carbonyl (C=O) groups is 1. The summed E-state index contributed by atoms with van der Waals surface area (Å²) in [5.41, 5.74) is 1.92. The number of pyridine rings is 1. The van der Waals surface area contributed by atoms with Gasteiger partial charge in [0.15, 0.2) is 0 Å². The van der Waals surface area contributed by atoms with Gasteiger partial charge in [-0.15, -0.1) is 0 Å². The summed E-state index contributed by atoms with van der Waals surface area (Å²) in [6, 6.07) is 2.09. The zero-order valence-electron chi connectivity index (χ0n) is 16.4. The van der Waals surface area contributed by atoms with E-state index < -0.39 is 0 Å². The second kappa shape index (κ2) is 7.08. The molecule has 2 atom stereocenters. The standard InChI is InChI=1S/C22H31N3O2/c1-24-11-17-13-25(14-18(17)12-24)22(26)16-9-20(15-7-8-15)21(23-10-16)27-19-5-3-2-4-6-19/h9-10,15,17-19H,2-8,11-14H2,1H3. The SMILES string of the molecule is CN1CC2CN(C(=O)c3cnc(OC4CCCCC4)c(C4CC4)c3)CC2C1. The molecule has 146 valence electrons. The summed E-state index contributed by atoms with van der Waals surface area (Å²) >= 11 is 0. The second-order valence-corrected chi connectivity index (χ2v) is 9.22. The van der Waals surface area contributed by atoms with Crippen LogP contribution >= 0.6 is 0 Å². The molecule has 27 heavy (non-hydrogen) atoms. The molecule has 2 unspecified atom stereocenters. The van der Waals surface area contributed by atoms with Crippen molar-refractivity contribution in [1.82, 2.24) is 14.8 Å². The molecule has 0 bridgehead atoms. The highest BCUT2D eigenvalue weighted by Gasteiger charge is 2.41. The van der Waals surface area contributed by atoms with Crippen LogP contribution < -0.4 is 4.74 Å². The fraction of sp³-hybridized carbons (Fsp3) is 0.727. The van der Waals surface area contributed by atoms with E-state index in [1.165, 1.54) is 37.7 Å². The lowest BCUT2D eigenvalue weighted by molar-refractivity contribution is 0.0775. The third-order valence-electron chi connectivity index (χ3n) is 6.93. The molecule has 1 aromatic rings. The first-order valence-corrected chi connectivity index (χ1v) is 10.8. The number of likely N-dealkylation sites (tertiary alicyclic amines) is 2. The van der Waals surface area contributed by atoms with Crippen molar-refractivity contribution in [3.63, 3.8) is 0 Å². The number of hydrogen-bond donors (Lipinski definition) is 0. The van der Waals surface area contributed by atoms with E-state index in [-0.39, 0.29) is 5.91 Å². The van der Waals surface area contributed by atoms with Gasteiger partial charge in [-0.2, -0.15) is 0 Å². The molecule has 1 aromatic heterocycles. The molecular formula is C22H31N3O2. The quantitative estimate of drug-likeness (QED) is 0.817. The van der Waals surface area contributed by atoms with Gasteiger partial charge < -0.3 is 14.5 Å². The second-order valence-electron chi connectivity index (χ2n) is 9.22. The maximum absolute atomic E-state index is 13.1. The molecule has 4 fully saturated rings. The summed E-state index contributed by atoms with van der Waals surface area (Å²) in [6.07, 6.45) is 10.6.